The van der Waals surface area contributed by atoms with Gasteiger partial charge in [-0.1, -0.05) is 35.7 Å². The molecule has 0 aromatic carbocycles. The van der Waals surface area contributed by atoms with Gasteiger partial charge in [-0.15, -0.1) is 0 Å². The van der Waals surface area contributed by atoms with Crippen molar-refractivity contribution < 1.29 is 4.74 Å². The molecule has 0 aliphatic heterocycles. The molecule has 1 nitrogen and oxygen atoms in total. The summed E-state index contributed by atoms with van der Waals surface area (Å²) in [6, 6.07) is 0. The third kappa shape index (κ3) is 10.4. The molecule has 0 aromatic rings. The molecular formula is C9H19BrO. The van der Waals surface area contributed by atoms with E-state index in [0.29, 0.717) is 0 Å². The van der Waals surface area contributed by atoms with Crippen LogP contribution in [0.5, 0.6) is 0 Å². The average Bonchev–Trinajstić information content (AvgIpc) is 2.03. The number of unbranched alkanes of at least 4 members (excludes halogenated alkanes) is 3. The Morgan fingerprint density at radius 3 is 2.36 bits per heavy atom. The zero-order chi connectivity index (χ0) is 8.36. The van der Waals surface area contributed by atoms with Crippen molar-refractivity contribution in [2.75, 3.05) is 18.5 Å². The Hall–Kier alpha value is 0.440. The highest BCUT2D eigenvalue weighted by molar-refractivity contribution is 9.09. The molecule has 0 aliphatic carbocycles. The molecular weight excluding hydrogens is 204 g/mol. The number of halogens is 1. The van der Waals surface area contributed by atoms with Crippen molar-refractivity contribution in [2.45, 2.75) is 39.0 Å². The Bertz CT molecular complexity index is 58.6. The molecule has 0 radical (unpaired) electrons. The van der Waals surface area contributed by atoms with Crippen molar-refractivity contribution in [3.8, 4) is 0 Å². The molecule has 0 aliphatic rings. The molecule has 0 saturated heterocycles. The smallest absolute Gasteiger partial charge is 0.0466 e. The van der Waals surface area contributed by atoms with Gasteiger partial charge in [0.15, 0.2) is 0 Å². The molecule has 0 aromatic heterocycles. The van der Waals surface area contributed by atoms with Crippen LogP contribution < -0.4 is 0 Å². The third-order valence-corrected chi connectivity index (χ3v) is 2.08. The van der Waals surface area contributed by atoms with Gasteiger partial charge in [0.1, 0.15) is 0 Å². The topological polar surface area (TPSA) is 9.23 Å². The molecule has 0 spiro atoms. The summed E-state index contributed by atoms with van der Waals surface area (Å²) in [5.74, 6) is 0. The van der Waals surface area contributed by atoms with E-state index in [1.807, 2.05) is 0 Å². The van der Waals surface area contributed by atoms with Crippen LogP contribution >= 0.6 is 15.9 Å². The molecule has 0 bridgehead atoms. The standard InChI is InChI=1S/C9H19BrO/c1-2-8-11-9-6-4-3-5-7-10/h2-9H2,1H3. The first-order valence-electron chi connectivity index (χ1n) is 4.55. The molecule has 0 rings (SSSR count). The van der Waals surface area contributed by atoms with E-state index in [1.54, 1.807) is 0 Å². The number of hydrogen-bond acceptors (Lipinski definition) is 1. The quantitative estimate of drug-likeness (QED) is 0.452. The second-order valence-corrected chi connectivity index (χ2v) is 3.51. The van der Waals surface area contributed by atoms with Gasteiger partial charge in [-0.2, -0.15) is 0 Å². The van der Waals surface area contributed by atoms with Gasteiger partial charge in [0.05, 0.1) is 0 Å². The molecule has 0 amide bonds. The largest absolute Gasteiger partial charge is 0.381 e. The van der Waals surface area contributed by atoms with Gasteiger partial charge in [0.2, 0.25) is 0 Å². The van der Waals surface area contributed by atoms with E-state index in [9.17, 15) is 0 Å². The zero-order valence-electron chi connectivity index (χ0n) is 7.44. The zero-order valence-corrected chi connectivity index (χ0v) is 9.03. The Morgan fingerprint density at radius 2 is 1.73 bits per heavy atom. The highest BCUT2D eigenvalue weighted by Crippen LogP contribution is 2.01. The highest BCUT2D eigenvalue weighted by atomic mass is 79.9. The van der Waals surface area contributed by atoms with Crippen molar-refractivity contribution in [1.82, 2.24) is 0 Å². The van der Waals surface area contributed by atoms with E-state index < -0.39 is 0 Å². The molecule has 0 saturated carbocycles. The monoisotopic (exact) mass is 222 g/mol. The van der Waals surface area contributed by atoms with Gasteiger partial charge in [0, 0.05) is 18.5 Å². The maximum absolute atomic E-state index is 5.35. The summed E-state index contributed by atoms with van der Waals surface area (Å²) < 4.78 is 5.35. The number of ether oxygens (including phenoxy) is 1. The average molecular weight is 223 g/mol. The summed E-state index contributed by atoms with van der Waals surface area (Å²) in [4.78, 5) is 0. The minimum absolute atomic E-state index is 0.929. The first-order chi connectivity index (χ1) is 5.41. The fourth-order valence-electron chi connectivity index (χ4n) is 0.899. The molecule has 2 heteroatoms. The summed E-state index contributed by atoms with van der Waals surface area (Å²) in [5.41, 5.74) is 0. The highest BCUT2D eigenvalue weighted by Gasteiger charge is 1.88. The minimum atomic E-state index is 0.929. The molecule has 0 unspecified atom stereocenters. The van der Waals surface area contributed by atoms with E-state index in [2.05, 4.69) is 22.9 Å². The van der Waals surface area contributed by atoms with Crippen LogP contribution in [-0.2, 0) is 4.74 Å². The summed E-state index contributed by atoms with van der Waals surface area (Å²) in [6.45, 7) is 4.03. The predicted octanol–water partition coefficient (Wildman–Crippen LogP) is 3.37. The first kappa shape index (κ1) is 11.4. The van der Waals surface area contributed by atoms with Crippen LogP contribution in [0.15, 0.2) is 0 Å². The molecule has 68 valence electrons. The second kappa shape index (κ2) is 10.4. The molecule has 0 fully saturated rings. The van der Waals surface area contributed by atoms with Crippen molar-refractivity contribution >= 4 is 15.9 Å². The molecule has 11 heavy (non-hydrogen) atoms. The Morgan fingerprint density at radius 1 is 1.00 bits per heavy atom. The van der Waals surface area contributed by atoms with Crippen LogP contribution in [0.1, 0.15) is 39.0 Å². The van der Waals surface area contributed by atoms with Gasteiger partial charge >= 0.3 is 0 Å². The van der Waals surface area contributed by atoms with Crippen molar-refractivity contribution in [2.24, 2.45) is 0 Å². The summed E-state index contributed by atoms with van der Waals surface area (Å²) in [7, 11) is 0. The number of rotatable bonds is 8. The van der Waals surface area contributed by atoms with Crippen molar-refractivity contribution in [1.29, 1.82) is 0 Å². The van der Waals surface area contributed by atoms with Gasteiger partial charge in [-0.05, 0) is 19.3 Å². The van der Waals surface area contributed by atoms with Crippen LogP contribution in [0.2, 0.25) is 0 Å². The minimum Gasteiger partial charge on any atom is -0.381 e. The normalized spacial score (nSPS) is 10.4. The SMILES string of the molecule is CCCOCCCCCCBr. The Labute approximate surface area is 78.6 Å². The summed E-state index contributed by atoms with van der Waals surface area (Å²) in [6.07, 6.45) is 6.32. The molecule has 0 atom stereocenters. The maximum Gasteiger partial charge on any atom is 0.0466 e. The lowest BCUT2D eigenvalue weighted by Crippen LogP contribution is -1.95. The van der Waals surface area contributed by atoms with E-state index >= 15 is 0 Å². The van der Waals surface area contributed by atoms with Gasteiger partial charge in [-0.25, -0.2) is 0 Å². The Kier molecular flexibility index (Phi) is 10.9. The van der Waals surface area contributed by atoms with Crippen LogP contribution in [0.4, 0.5) is 0 Å². The number of hydrogen-bond donors (Lipinski definition) is 0. The second-order valence-electron chi connectivity index (χ2n) is 2.72. The lowest BCUT2D eigenvalue weighted by molar-refractivity contribution is 0.130. The van der Waals surface area contributed by atoms with Crippen LogP contribution in [0.3, 0.4) is 0 Å². The lowest BCUT2D eigenvalue weighted by atomic mass is 10.2. The number of alkyl halides is 1. The van der Waals surface area contributed by atoms with Crippen molar-refractivity contribution in [3.05, 3.63) is 0 Å². The van der Waals surface area contributed by atoms with Gasteiger partial charge in [-0.3, -0.25) is 0 Å². The molecule has 0 heterocycles. The third-order valence-electron chi connectivity index (χ3n) is 1.52. The lowest BCUT2D eigenvalue weighted by Gasteiger charge is -2.01. The van der Waals surface area contributed by atoms with E-state index in [4.69, 9.17) is 4.74 Å². The van der Waals surface area contributed by atoms with E-state index in [-0.39, 0.29) is 0 Å². The Balaban J connectivity index is 2.69. The maximum atomic E-state index is 5.35. The van der Waals surface area contributed by atoms with Crippen molar-refractivity contribution in [3.63, 3.8) is 0 Å². The summed E-state index contributed by atoms with van der Waals surface area (Å²) >= 11 is 3.41. The fraction of sp³-hybridized carbons (Fsp3) is 1.00. The first-order valence-corrected chi connectivity index (χ1v) is 5.67. The summed E-state index contributed by atoms with van der Waals surface area (Å²) in [5, 5.41) is 1.14. The van der Waals surface area contributed by atoms with Crippen LogP contribution in [0.25, 0.3) is 0 Å². The fourth-order valence-corrected chi connectivity index (χ4v) is 1.30. The van der Waals surface area contributed by atoms with Crippen LogP contribution in [0, 0.1) is 0 Å². The van der Waals surface area contributed by atoms with Gasteiger partial charge in [0.25, 0.3) is 0 Å². The molecule has 0 N–H and O–H groups in total. The van der Waals surface area contributed by atoms with Gasteiger partial charge < -0.3 is 4.74 Å². The predicted molar refractivity (Wildman–Crippen MR) is 53.4 cm³/mol. The van der Waals surface area contributed by atoms with E-state index in [0.717, 1.165) is 25.0 Å². The van der Waals surface area contributed by atoms with E-state index in [1.165, 1.54) is 25.7 Å². The van der Waals surface area contributed by atoms with Crippen LogP contribution in [-0.4, -0.2) is 18.5 Å².